The van der Waals surface area contributed by atoms with Gasteiger partial charge in [0, 0.05) is 9.75 Å². The van der Waals surface area contributed by atoms with Gasteiger partial charge in [0.2, 0.25) is 0 Å². The van der Waals surface area contributed by atoms with Crippen LogP contribution in [0.25, 0.3) is 0 Å². The maximum Gasteiger partial charge on any atom is 0.0931 e. The summed E-state index contributed by atoms with van der Waals surface area (Å²) in [5.74, 6) is 0. The molecule has 1 unspecified atom stereocenters. The van der Waals surface area contributed by atoms with Gasteiger partial charge in [-0.25, -0.2) is 4.98 Å². The molecule has 0 aromatic carbocycles. The van der Waals surface area contributed by atoms with Crippen LogP contribution in [0.2, 0.25) is 4.34 Å². The largest absolute Gasteiger partial charge is 0.305 e. The summed E-state index contributed by atoms with van der Waals surface area (Å²) in [6.07, 6.45) is 1.12. The van der Waals surface area contributed by atoms with Crippen molar-refractivity contribution in [2.24, 2.45) is 0 Å². The van der Waals surface area contributed by atoms with Gasteiger partial charge in [0.25, 0.3) is 0 Å². The van der Waals surface area contributed by atoms with Crippen molar-refractivity contribution < 1.29 is 0 Å². The quantitative estimate of drug-likeness (QED) is 0.875. The SMILES string of the molecule is CCCNC(c1ccc(Cl)s1)c1sc(C)nc1C. The first-order valence-electron chi connectivity index (χ1n) is 6.04. The molecule has 2 heterocycles. The molecular weight excluding hydrogens is 284 g/mol. The summed E-state index contributed by atoms with van der Waals surface area (Å²) in [4.78, 5) is 7.09. The second kappa shape index (κ2) is 6.15. The van der Waals surface area contributed by atoms with E-state index in [4.69, 9.17) is 11.6 Å². The normalized spacial score (nSPS) is 12.9. The zero-order valence-corrected chi connectivity index (χ0v) is 13.2. The molecule has 0 saturated carbocycles. The van der Waals surface area contributed by atoms with E-state index in [0.717, 1.165) is 28.0 Å². The first-order valence-corrected chi connectivity index (χ1v) is 8.05. The van der Waals surface area contributed by atoms with E-state index in [9.17, 15) is 0 Å². The van der Waals surface area contributed by atoms with E-state index in [1.807, 2.05) is 6.07 Å². The number of nitrogens with zero attached hydrogens (tertiary/aromatic N) is 1. The van der Waals surface area contributed by atoms with Crippen molar-refractivity contribution in [1.82, 2.24) is 10.3 Å². The van der Waals surface area contributed by atoms with Gasteiger partial charge < -0.3 is 5.32 Å². The van der Waals surface area contributed by atoms with Crippen LogP contribution in [-0.4, -0.2) is 11.5 Å². The number of nitrogens with one attached hydrogen (secondary N) is 1. The van der Waals surface area contributed by atoms with E-state index in [1.54, 1.807) is 22.7 Å². The molecule has 2 rings (SSSR count). The number of hydrogen-bond donors (Lipinski definition) is 1. The molecule has 0 amide bonds. The lowest BCUT2D eigenvalue weighted by Gasteiger charge is -2.16. The Labute approximate surface area is 121 Å². The Hall–Kier alpha value is -0.420. The van der Waals surface area contributed by atoms with Crippen LogP contribution in [0.5, 0.6) is 0 Å². The Morgan fingerprint density at radius 1 is 1.33 bits per heavy atom. The minimum atomic E-state index is 0.230. The summed E-state index contributed by atoms with van der Waals surface area (Å²) >= 11 is 9.46. The third kappa shape index (κ3) is 3.12. The Kier molecular flexibility index (Phi) is 4.78. The first kappa shape index (κ1) is 14.0. The second-order valence-electron chi connectivity index (χ2n) is 4.21. The van der Waals surface area contributed by atoms with Gasteiger partial charge in [0.1, 0.15) is 0 Å². The lowest BCUT2D eigenvalue weighted by molar-refractivity contribution is 0.610. The third-order valence-corrected chi connectivity index (χ3v) is 5.11. The lowest BCUT2D eigenvalue weighted by Crippen LogP contribution is -2.22. The molecule has 0 aliphatic heterocycles. The van der Waals surface area contributed by atoms with Gasteiger partial charge >= 0.3 is 0 Å². The Balaban J connectivity index is 2.33. The highest BCUT2D eigenvalue weighted by Gasteiger charge is 2.20. The van der Waals surface area contributed by atoms with Crippen LogP contribution in [0, 0.1) is 13.8 Å². The highest BCUT2D eigenvalue weighted by molar-refractivity contribution is 7.16. The van der Waals surface area contributed by atoms with Crippen molar-refractivity contribution in [3.05, 3.63) is 36.9 Å². The minimum absolute atomic E-state index is 0.230. The van der Waals surface area contributed by atoms with Gasteiger partial charge in [0.15, 0.2) is 0 Å². The van der Waals surface area contributed by atoms with Crippen molar-refractivity contribution in [2.75, 3.05) is 6.54 Å². The summed E-state index contributed by atoms with van der Waals surface area (Å²) in [5, 5.41) is 4.71. The lowest BCUT2D eigenvalue weighted by atomic mass is 10.1. The van der Waals surface area contributed by atoms with Gasteiger partial charge in [0.05, 0.1) is 21.1 Å². The zero-order valence-electron chi connectivity index (χ0n) is 10.8. The van der Waals surface area contributed by atoms with Crippen molar-refractivity contribution in [2.45, 2.75) is 33.2 Å². The average molecular weight is 301 g/mol. The molecule has 98 valence electrons. The maximum atomic E-state index is 6.05. The fourth-order valence-electron chi connectivity index (χ4n) is 1.91. The molecule has 1 N–H and O–H groups in total. The van der Waals surface area contributed by atoms with Gasteiger partial charge in [-0.2, -0.15) is 0 Å². The molecule has 0 spiro atoms. The van der Waals surface area contributed by atoms with Crippen LogP contribution < -0.4 is 5.32 Å². The molecule has 0 aliphatic carbocycles. The third-order valence-electron chi connectivity index (χ3n) is 2.68. The summed E-state index contributed by atoms with van der Waals surface area (Å²) in [6, 6.07) is 4.30. The summed E-state index contributed by atoms with van der Waals surface area (Å²) < 4.78 is 0.840. The van der Waals surface area contributed by atoms with Crippen molar-refractivity contribution in [3.63, 3.8) is 0 Å². The van der Waals surface area contributed by atoms with Gasteiger partial charge in [-0.1, -0.05) is 18.5 Å². The molecule has 2 aromatic heterocycles. The standard InChI is InChI=1S/C13H17ClN2S2/c1-4-7-15-12(10-5-6-11(14)18-10)13-8(2)16-9(3)17-13/h5-6,12,15H,4,7H2,1-3H3. The first-order chi connectivity index (χ1) is 8.61. The van der Waals surface area contributed by atoms with Crippen LogP contribution in [0.1, 0.15) is 39.8 Å². The summed E-state index contributed by atoms with van der Waals surface area (Å²) in [5.41, 5.74) is 1.12. The van der Waals surface area contributed by atoms with Crippen LogP contribution in [0.4, 0.5) is 0 Å². The van der Waals surface area contributed by atoms with E-state index in [2.05, 4.69) is 37.1 Å². The molecule has 2 aromatic rings. The molecule has 0 bridgehead atoms. The fraction of sp³-hybridized carbons (Fsp3) is 0.462. The van der Waals surface area contributed by atoms with E-state index in [0.29, 0.717) is 0 Å². The molecule has 0 aliphatic rings. The average Bonchev–Trinajstić information content (AvgIpc) is 2.87. The van der Waals surface area contributed by atoms with Crippen LogP contribution in [-0.2, 0) is 0 Å². The number of aromatic nitrogens is 1. The zero-order chi connectivity index (χ0) is 13.1. The highest BCUT2D eigenvalue weighted by atomic mass is 35.5. The van der Waals surface area contributed by atoms with E-state index < -0.39 is 0 Å². The number of hydrogen-bond acceptors (Lipinski definition) is 4. The molecule has 0 fully saturated rings. The second-order valence-corrected chi connectivity index (χ2v) is 7.19. The smallest absolute Gasteiger partial charge is 0.0931 e. The van der Waals surface area contributed by atoms with Gasteiger partial charge in [-0.15, -0.1) is 22.7 Å². The monoisotopic (exact) mass is 300 g/mol. The highest BCUT2D eigenvalue weighted by Crippen LogP contribution is 2.35. The number of thiazole rings is 1. The van der Waals surface area contributed by atoms with Crippen LogP contribution >= 0.6 is 34.3 Å². The number of thiophene rings is 1. The molecule has 18 heavy (non-hydrogen) atoms. The molecule has 0 radical (unpaired) electrons. The number of aryl methyl sites for hydroxylation is 2. The Morgan fingerprint density at radius 3 is 2.61 bits per heavy atom. The topological polar surface area (TPSA) is 24.9 Å². The van der Waals surface area contributed by atoms with Crippen LogP contribution in [0.3, 0.4) is 0 Å². The molecule has 1 atom stereocenters. The Bertz CT molecular complexity index is 519. The number of halogens is 1. The minimum Gasteiger partial charge on any atom is -0.305 e. The predicted molar refractivity (Wildman–Crippen MR) is 81.1 cm³/mol. The van der Waals surface area contributed by atoms with Crippen molar-refractivity contribution >= 4 is 34.3 Å². The summed E-state index contributed by atoms with van der Waals surface area (Å²) in [6.45, 7) is 7.31. The Morgan fingerprint density at radius 2 is 2.11 bits per heavy atom. The van der Waals surface area contributed by atoms with E-state index in [-0.39, 0.29) is 6.04 Å². The van der Waals surface area contributed by atoms with Crippen molar-refractivity contribution in [1.29, 1.82) is 0 Å². The molecule has 0 saturated heterocycles. The molecule has 5 heteroatoms. The van der Waals surface area contributed by atoms with Gasteiger partial charge in [-0.05, 0) is 38.9 Å². The molecular formula is C13H17ClN2S2. The maximum absolute atomic E-state index is 6.05. The number of rotatable bonds is 5. The van der Waals surface area contributed by atoms with Crippen molar-refractivity contribution in [3.8, 4) is 0 Å². The van der Waals surface area contributed by atoms with E-state index in [1.165, 1.54) is 9.75 Å². The van der Waals surface area contributed by atoms with Crippen LogP contribution in [0.15, 0.2) is 12.1 Å². The van der Waals surface area contributed by atoms with Gasteiger partial charge in [-0.3, -0.25) is 0 Å². The molecule has 2 nitrogen and oxygen atoms in total. The fourth-order valence-corrected chi connectivity index (χ4v) is 4.15. The predicted octanol–water partition coefficient (Wildman–Crippen LogP) is 4.56. The van der Waals surface area contributed by atoms with E-state index >= 15 is 0 Å². The summed E-state index contributed by atoms with van der Waals surface area (Å²) in [7, 11) is 0.